The Balaban J connectivity index is 1.75. The van der Waals surface area contributed by atoms with E-state index in [1.165, 1.54) is 12.1 Å². The Labute approximate surface area is 159 Å². The van der Waals surface area contributed by atoms with Crippen LogP contribution in [0.5, 0.6) is 0 Å². The van der Waals surface area contributed by atoms with Crippen molar-refractivity contribution in [3.8, 4) is 0 Å². The van der Waals surface area contributed by atoms with E-state index in [0.717, 1.165) is 57.8 Å². The number of nitro benzene ring substituents is 1. The van der Waals surface area contributed by atoms with Gasteiger partial charge in [-0.05, 0) is 25.1 Å². The normalized spacial score (nSPS) is 19.9. The van der Waals surface area contributed by atoms with Gasteiger partial charge in [0.1, 0.15) is 0 Å². The van der Waals surface area contributed by atoms with Crippen molar-refractivity contribution in [2.75, 3.05) is 52.4 Å². The summed E-state index contributed by atoms with van der Waals surface area (Å²) in [5, 5.41) is 27.3. The molecule has 9 nitrogen and oxygen atoms in total. The molecule has 1 aromatic rings. The number of rotatable bonds is 5. The van der Waals surface area contributed by atoms with Crippen molar-refractivity contribution in [2.24, 2.45) is 0 Å². The topological polar surface area (TPSA) is 120 Å². The molecule has 5 N–H and O–H groups in total. The van der Waals surface area contributed by atoms with E-state index < -0.39 is 4.92 Å². The second kappa shape index (κ2) is 12.3. The highest BCUT2D eigenvalue weighted by atomic mass is 16.6. The van der Waals surface area contributed by atoms with E-state index >= 15 is 0 Å². The predicted molar refractivity (Wildman–Crippen MR) is 105 cm³/mol. The highest BCUT2D eigenvalue weighted by Gasteiger charge is 2.11. The lowest BCUT2D eigenvalue weighted by Gasteiger charge is -2.20. The lowest BCUT2D eigenvalue weighted by atomic mass is 10.1. The van der Waals surface area contributed by atoms with E-state index in [1.54, 1.807) is 12.1 Å². The van der Waals surface area contributed by atoms with Crippen LogP contribution in [0.2, 0.25) is 0 Å². The van der Waals surface area contributed by atoms with Gasteiger partial charge in [-0.1, -0.05) is 12.1 Å². The Kier molecular flexibility index (Phi) is 9.70. The van der Waals surface area contributed by atoms with Gasteiger partial charge in [0, 0.05) is 57.4 Å². The van der Waals surface area contributed by atoms with Gasteiger partial charge in [-0.25, -0.2) is 0 Å². The zero-order chi connectivity index (χ0) is 19.3. The maximum absolute atomic E-state index is 12.2. The third-order valence-electron chi connectivity index (χ3n) is 4.37. The van der Waals surface area contributed by atoms with Crippen molar-refractivity contribution in [1.82, 2.24) is 26.6 Å². The lowest BCUT2D eigenvalue weighted by Crippen LogP contribution is -2.49. The molecule has 0 bridgehead atoms. The van der Waals surface area contributed by atoms with Crippen LogP contribution in [0.25, 0.3) is 0 Å². The fourth-order valence-corrected chi connectivity index (χ4v) is 2.84. The molecule has 1 unspecified atom stereocenters. The number of non-ortho nitro benzene ring substituents is 1. The summed E-state index contributed by atoms with van der Waals surface area (Å²) in [6.07, 6.45) is 1.33. The van der Waals surface area contributed by atoms with Gasteiger partial charge in [-0.3, -0.25) is 14.9 Å². The molecule has 1 aliphatic rings. The number of amides is 1. The minimum atomic E-state index is -0.446. The van der Waals surface area contributed by atoms with Crippen LogP contribution in [0.3, 0.4) is 0 Å². The molecule has 1 aromatic carbocycles. The molecular formula is C18H30N6O3. The number of nitro groups is 1. The van der Waals surface area contributed by atoms with Crippen molar-refractivity contribution < 1.29 is 9.72 Å². The Morgan fingerprint density at radius 1 is 1.04 bits per heavy atom. The molecule has 0 aliphatic carbocycles. The molecule has 1 fully saturated rings. The first-order chi connectivity index (χ1) is 13.1. The zero-order valence-corrected chi connectivity index (χ0v) is 15.6. The summed E-state index contributed by atoms with van der Waals surface area (Å²) in [5.74, 6) is -0.0895. The molecule has 0 radical (unpaired) electrons. The summed E-state index contributed by atoms with van der Waals surface area (Å²) in [4.78, 5) is 22.4. The van der Waals surface area contributed by atoms with Gasteiger partial charge in [0.15, 0.2) is 0 Å². The number of carbonyl (C=O) groups excluding carboxylic acids is 1. The van der Waals surface area contributed by atoms with E-state index in [9.17, 15) is 14.9 Å². The molecule has 150 valence electrons. The van der Waals surface area contributed by atoms with E-state index in [1.807, 2.05) is 0 Å². The Morgan fingerprint density at radius 3 is 2.41 bits per heavy atom. The summed E-state index contributed by atoms with van der Waals surface area (Å²) in [6.45, 7) is 6.89. The third kappa shape index (κ3) is 8.91. The lowest BCUT2D eigenvalue weighted by molar-refractivity contribution is -0.384. The molecule has 2 rings (SSSR count). The quantitative estimate of drug-likeness (QED) is 0.342. The van der Waals surface area contributed by atoms with Gasteiger partial charge in [0.25, 0.3) is 5.69 Å². The molecule has 9 heteroatoms. The average molecular weight is 378 g/mol. The van der Waals surface area contributed by atoms with Crippen LogP contribution in [-0.2, 0) is 11.2 Å². The van der Waals surface area contributed by atoms with Crippen LogP contribution in [-0.4, -0.2) is 69.2 Å². The van der Waals surface area contributed by atoms with E-state index in [2.05, 4.69) is 26.6 Å². The fourth-order valence-electron chi connectivity index (χ4n) is 2.84. The Bertz CT molecular complexity index is 567. The van der Waals surface area contributed by atoms with Crippen molar-refractivity contribution >= 4 is 11.6 Å². The number of hydrogen-bond donors (Lipinski definition) is 5. The molecule has 0 aromatic heterocycles. The number of hydrogen-bond acceptors (Lipinski definition) is 7. The molecular weight excluding hydrogens is 348 g/mol. The number of nitrogens with one attached hydrogen (secondary N) is 5. The summed E-state index contributed by atoms with van der Waals surface area (Å²) >= 11 is 0. The van der Waals surface area contributed by atoms with Crippen LogP contribution in [0.15, 0.2) is 24.3 Å². The van der Waals surface area contributed by atoms with Crippen LogP contribution in [0, 0.1) is 10.1 Å². The zero-order valence-electron chi connectivity index (χ0n) is 15.6. The Morgan fingerprint density at radius 2 is 1.70 bits per heavy atom. The van der Waals surface area contributed by atoms with Crippen molar-refractivity contribution in [1.29, 1.82) is 0 Å². The highest BCUT2D eigenvalue weighted by molar-refractivity contribution is 5.78. The molecule has 1 amide bonds. The smallest absolute Gasteiger partial charge is 0.269 e. The summed E-state index contributed by atoms with van der Waals surface area (Å²) < 4.78 is 0. The van der Waals surface area contributed by atoms with Gasteiger partial charge in [-0.2, -0.15) is 0 Å². The molecule has 0 spiro atoms. The maximum atomic E-state index is 12.2. The van der Waals surface area contributed by atoms with Gasteiger partial charge in [0.2, 0.25) is 5.91 Å². The standard InChI is InChI=1S/C18H30N6O3/c25-18(12-15-2-4-17(5-3-15)24(26)27)23-14-16-13-21-9-8-19-6-1-7-20-10-11-22-16/h2-5,16,19-22H,1,6-14H2,(H,23,25). The van der Waals surface area contributed by atoms with Gasteiger partial charge >= 0.3 is 0 Å². The summed E-state index contributed by atoms with van der Waals surface area (Å²) in [5.41, 5.74) is 0.788. The van der Waals surface area contributed by atoms with Crippen LogP contribution < -0.4 is 26.6 Å². The second-order valence-corrected chi connectivity index (χ2v) is 6.61. The molecule has 0 saturated carbocycles. The van der Waals surface area contributed by atoms with Crippen molar-refractivity contribution in [3.05, 3.63) is 39.9 Å². The maximum Gasteiger partial charge on any atom is 0.269 e. The molecule has 27 heavy (non-hydrogen) atoms. The SMILES string of the molecule is O=C(Cc1ccc([N+](=O)[O-])cc1)NCC1CNCCNCCCNCCN1. The van der Waals surface area contributed by atoms with E-state index in [4.69, 9.17) is 0 Å². The number of nitrogens with zero attached hydrogens (tertiary/aromatic N) is 1. The van der Waals surface area contributed by atoms with E-state index in [0.29, 0.717) is 6.54 Å². The highest BCUT2D eigenvalue weighted by Crippen LogP contribution is 2.12. The van der Waals surface area contributed by atoms with Gasteiger partial charge in [-0.15, -0.1) is 0 Å². The molecule has 1 aliphatic heterocycles. The second-order valence-electron chi connectivity index (χ2n) is 6.61. The molecule has 1 saturated heterocycles. The third-order valence-corrected chi connectivity index (χ3v) is 4.37. The first-order valence-electron chi connectivity index (χ1n) is 9.50. The van der Waals surface area contributed by atoms with Crippen LogP contribution in [0.4, 0.5) is 5.69 Å². The number of carbonyl (C=O) groups is 1. The Hall–Kier alpha value is -2.07. The molecule has 1 atom stereocenters. The first kappa shape index (κ1) is 21.2. The number of benzene rings is 1. The van der Waals surface area contributed by atoms with Crippen molar-refractivity contribution in [3.63, 3.8) is 0 Å². The summed E-state index contributed by atoms with van der Waals surface area (Å²) in [7, 11) is 0. The largest absolute Gasteiger partial charge is 0.354 e. The average Bonchev–Trinajstić information content (AvgIpc) is 2.68. The van der Waals surface area contributed by atoms with Gasteiger partial charge < -0.3 is 26.6 Å². The fraction of sp³-hybridized carbons (Fsp3) is 0.611. The molecule has 1 heterocycles. The van der Waals surface area contributed by atoms with Gasteiger partial charge in [0.05, 0.1) is 11.3 Å². The minimum Gasteiger partial charge on any atom is -0.354 e. The monoisotopic (exact) mass is 378 g/mol. The van der Waals surface area contributed by atoms with Crippen LogP contribution in [0.1, 0.15) is 12.0 Å². The first-order valence-corrected chi connectivity index (χ1v) is 9.50. The minimum absolute atomic E-state index is 0.0292. The van der Waals surface area contributed by atoms with Crippen molar-refractivity contribution in [2.45, 2.75) is 18.9 Å². The predicted octanol–water partition coefficient (Wildman–Crippen LogP) is -0.616. The van der Waals surface area contributed by atoms with E-state index in [-0.39, 0.29) is 24.1 Å². The van der Waals surface area contributed by atoms with Crippen LogP contribution >= 0.6 is 0 Å². The summed E-state index contributed by atoms with van der Waals surface area (Å²) in [6, 6.07) is 6.23.